The summed E-state index contributed by atoms with van der Waals surface area (Å²) in [5.41, 5.74) is 2.37. The van der Waals surface area contributed by atoms with Crippen molar-refractivity contribution in [3.63, 3.8) is 0 Å². The van der Waals surface area contributed by atoms with Crippen LogP contribution in [0, 0.1) is 0 Å². The van der Waals surface area contributed by atoms with Crippen LogP contribution >= 0.6 is 27.5 Å². The minimum atomic E-state index is 0.554. The summed E-state index contributed by atoms with van der Waals surface area (Å²) in [6, 6.07) is 6.30. The first kappa shape index (κ1) is 11.9. The molecule has 14 heavy (non-hydrogen) atoms. The van der Waals surface area contributed by atoms with Gasteiger partial charge in [0.05, 0.1) is 0 Å². The van der Waals surface area contributed by atoms with E-state index in [1.807, 2.05) is 0 Å². The summed E-state index contributed by atoms with van der Waals surface area (Å²) in [6.45, 7) is 3.26. The van der Waals surface area contributed by atoms with Gasteiger partial charge in [-0.25, -0.2) is 0 Å². The summed E-state index contributed by atoms with van der Waals surface area (Å²) >= 11 is 9.30. The van der Waals surface area contributed by atoms with Gasteiger partial charge in [0, 0.05) is 29.6 Å². The summed E-state index contributed by atoms with van der Waals surface area (Å²) in [5, 5.41) is 0. The van der Waals surface area contributed by atoms with E-state index >= 15 is 0 Å². The van der Waals surface area contributed by atoms with E-state index < -0.39 is 0 Å². The third-order valence-electron chi connectivity index (χ3n) is 2.18. The van der Waals surface area contributed by atoms with Gasteiger partial charge in [-0.2, -0.15) is 0 Å². The SMILES string of the molecule is CCCN(C)c1ccc(CCl)c(Br)c1. The number of anilines is 1. The van der Waals surface area contributed by atoms with Gasteiger partial charge in [0.25, 0.3) is 0 Å². The van der Waals surface area contributed by atoms with E-state index in [1.165, 1.54) is 5.69 Å². The molecule has 0 aromatic heterocycles. The molecule has 1 nitrogen and oxygen atoms in total. The van der Waals surface area contributed by atoms with Crippen LogP contribution in [0.5, 0.6) is 0 Å². The average Bonchev–Trinajstić information content (AvgIpc) is 2.18. The molecule has 1 aromatic rings. The fraction of sp³-hybridized carbons (Fsp3) is 0.455. The van der Waals surface area contributed by atoms with Gasteiger partial charge in [-0.15, -0.1) is 11.6 Å². The fourth-order valence-electron chi connectivity index (χ4n) is 1.35. The molecule has 0 unspecified atom stereocenters. The maximum atomic E-state index is 5.78. The van der Waals surface area contributed by atoms with Gasteiger partial charge in [0.2, 0.25) is 0 Å². The minimum absolute atomic E-state index is 0.554. The summed E-state index contributed by atoms with van der Waals surface area (Å²) in [7, 11) is 2.10. The quantitative estimate of drug-likeness (QED) is 0.750. The summed E-state index contributed by atoms with van der Waals surface area (Å²) in [5.74, 6) is 0.554. The van der Waals surface area contributed by atoms with Crippen molar-refractivity contribution in [2.24, 2.45) is 0 Å². The van der Waals surface area contributed by atoms with Crippen molar-refractivity contribution >= 4 is 33.2 Å². The minimum Gasteiger partial charge on any atom is -0.375 e. The van der Waals surface area contributed by atoms with Gasteiger partial charge in [-0.05, 0) is 24.1 Å². The zero-order valence-electron chi connectivity index (χ0n) is 8.56. The van der Waals surface area contributed by atoms with Crippen LogP contribution in [0.25, 0.3) is 0 Å². The van der Waals surface area contributed by atoms with Crippen LogP contribution in [0.3, 0.4) is 0 Å². The number of hydrogen-bond donors (Lipinski definition) is 0. The molecular weight excluding hydrogens is 261 g/mol. The van der Waals surface area contributed by atoms with Crippen LogP contribution in [0.4, 0.5) is 5.69 Å². The van der Waals surface area contributed by atoms with Gasteiger partial charge >= 0.3 is 0 Å². The molecule has 0 spiro atoms. The second-order valence-corrected chi connectivity index (χ2v) is 4.45. The lowest BCUT2D eigenvalue weighted by Crippen LogP contribution is -2.17. The Morgan fingerprint density at radius 3 is 2.64 bits per heavy atom. The van der Waals surface area contributed by atoms with Gasteiger partial charge in [-0.3, -0.25) is 0 Å². The molecule has 0 fully saturated rings. The van der Waals surface area contributed by atoms with Crippen molar-refractivity contribution in [1.82, 2.24) is 0 Å². The van der Waals surface area contributed by atoms with E-state index in [0.717, 1.165) is 23.0 Å². The maximum Gasteiger partial charge on any atom is 0.0485 e. The Hall–Kier alpha value is -0.210. The van der Waals surface area contributed by atoms with Crippen LogP contribution in [0.2, 0.25) is 0 Å². The van der Waals surface area contributed by atoms with Gasteiger partial charge < -0.3 is 4.90 Å². The molecule has 0 heterocycles. The van der Waals surface area contributed by atoms with Gasteiger partial charge in [0.1, 0.15) is 0 Å². The highest BCUT2D eigenvalue weighted by Gasteiger charge is 2.03. The highest BCUT2D eigenvalue weighted by Crippen LogP contribution is 2.24. The van der Waals surface area contributed by atoms with E-state index in [4.69, 9.17) is 11.6 Å². The van der Waals surface area contributed by atoms with Crippen LogP contribution in [-0.2, 0) is 5.88 Å². The summed E-state index contributed by atoms with van der Waals surface area (Å²) < 4.78 is 1.09. The van der Waals surface area contributed by atoms with E-state index in [-0.39, 0.29) is 0 Å². The van der Waals surface area contributed by atoms with E-state index in [9.17, 15) is 0 Å². The Morgan fingerprint density at radius 1 is 1.43 bits per heavy atom. The number of benzene rings is 1. The number of rotatable bonds is 4. The van der Waals surface area contributed by atoms with Crippen molar-refractivity contribution in [3.8, 4) is 0 Å². The predicted octanol–water partition coefficient (Wildman–Crippen LogP) is 4.03. The van der Waals surface area contributed by atoms with Gasteiger partial charge in [-0.1, -0.05) is 28.9 Å². The molecule has 0 saturated heterocycles. The Morgan fingerprint density at radius 2 is 2.14 bits per heavy atom. The molecule has 0 saturated carbocycles. The Balaban J connectivity index is 2.85. The highest BCUT2D eigenvalue weighted by molar-refractivity contribution is 9.10. The average molecular weight is 277 g/mol. The molecule has 0 amide bonds. The molecule has 0 atom stereocenters. The van der Waals surface area contributed by atoms with Crippen LogP contribution in [0.1, 0.15) is 18.9 Å². The molecular formula is C11H15BrClN. The summed E-state index contributed by atoms with van der Waals surface area (Å²) in [4.78, 5) is 2.24. The van der Waals surface area contributed by atoms with Crippen LogP contribution < -0.4 is 4.90 Å². The first-order chi connectivity index (χ1) is 6.69. The topological polar surface area (TPSA) is 3.24 Å². The van der Waals surface area contributed by atoms with Crippen LogP contribution in [-0.4, -0.2) is 13.6 Å². The summed E-state index contributed by atoms with van der Waals surface area (Å²) in [6.07, 6.45) is 1.16. The van der Waals surface area contributed by atoms with Crippen LogP contribution in [0.15, 0.2) is 22.7 Å². The van der Waals surface area contributed by atoms with Crippen molar-refractivity contribution in [1.29, 1.82) is 0 Å². The molecule has 0 aliphatic heterocycles. The number of nitrogens with zero attached hydrogens (tertiary/aromatic N) is 1. The van der Waals surface area contributed by atoms with E-state index in [0.29, 0.717) is 5.88 Å². The Labute approximate surface area is 99.2 Å². The fourth-order valence-corrected chi connectivity index (χ4v) is 2.25. The molecule has 3 heteroatoms. The lowest BCUT2D eigenvalue weighted by molar-refractivity contribution is 0.852. The van der Waals surface area contributed by atoms with E-state index in [1.54, 1.807) is 0 Å². The number of halogens is 2. The van der Waals surface area contributed by atoms with Crippen molar-refractivity contribution in [2.75, 3.05) is 18.5 Å². The molecule has 1 rings (SSSR count). The first-order valence-corrected chi connectivity index (χ1v) is 6.07. The van der Waals surface area contributed by atoms with Gasteiger partial charge in [0.15, 0.2) is 0 Å². The number of hydrogen-bond acceptors (Lipinski definition) is 1. The Bertz CT molecular complexity index is 301. The second-order valence-electron chi connectivity index (χ2n) is 3.33. The number of alkyl halides is 1. The molecule has 0 N–H and O–H groups in total. The third-order valence-corrected chi connectivity index (χ3v) is 3.21. The largest absolute Gasteiger partial charge is 0.375 e. The Kier molecular flexibility index (Phi) is 4.76. The van der Waals surface area contributed by atoms with E-state index in [2.05, 4.69) is 53.0 Å². The smallest absolute Gasteiger partial charge is 0.0485 e. The zero-order chi connectivity index (χ0) is 10.6. The highest BCUT2D eigenvalue weighted by atomic mass is 79.9. The second kappa shape index (κ2) is 5.62. The monoisotopic (exact) mass is 275 g/mol. The molecule has 78 valence electrons. The zero-order valence-corrected chi connectivity index (χ0v) is 10.9. The molecule has 0 aliphatic carbocycles. The van der Waals surface area contributed by atoms with Crippen molar-refractivity contribution in [3.05, 3.63) is 28.2 Å². The maximum absolute atomic E-state index is 5.78. The standard InChI is InChI=1S/C11H15BrClN/c1-3-6-14(2)10-5-4-9(8-13)11(12)7-10/h4-5,7H,3,6,8H2,1-2H3. The molecule has 0 radical (unpaired) electrons. The van der Waals surface area contributed by atoms with Crippen molar-refractivity contribution in [2.45, 2.75) is 19.2 Å². The normalized spacial score (nSPS) is 10.3. The first-order valence-electron chi connectivity index (χ1n) is 4.74. The molecule has 1 aromatic carbocycles. The molecule has 0 bridgehead atoms. The molecule has 0 aliphatic rings. The third kappa shape index (κ3) is 2.89. The lowest BCUT2D eigenvalue weighted by Gasteiger charge is -2.19. The predicted molar refractivity (Wildman–Crippen MR) is 67.3 cm³/mol. The lowest BCUT2D eigenvalue weighted by atomic mass is 10.2. The van der Waals surface area contributed by atoms with Crippen molar-refractivity contribution < 1.29 is 0 Å².